The van der Waals surface area contributed by atoms with E-state index < -0.39 is 0 Å². The summed E-state index contributed by atoms with van der Waals surface area (Å²) in [5.74, 6) is 1.65. The Hall–Kier alpha value is -1.32. The van der Waals surface area contributed by atoms with Gasteiger partial charge in [0.25, 0.3) is 0 Å². The SMILES string of the molecule is Cc1nc(N)c(N)c(C2CCCC2)n1. The summed E-state index contributed by atoms with van der Waals surface area (Å²) < 4.78 is 0. The van der Waals surface area contributed by atoms with E-state index in [1.54, 1.807) is 0 Å². The molecule has 0 saturated heterocycles. The van der Waals surface area contributed by atoms with Gasteiger partial charge in [-0.3, -0.25) is 0 Å². The molecule has 1 saturated carbocycles. The molecule has 0 amide bonds. The molecule has 4 nitrogen and oxygen atoms in total. The molecule has 0 unspecified atom stereocenters. The summed E-state index contributed by atoms with van der Waals surface area (Å²) in [4.78, 5) is 8.45. The van der Waals surface area contributed by atoms with Crippen LogP contribution in [0, 0.1) is 6.92 Å². The van der Waals surface area contributed by atoms with Crippen molar-refractivity contribution >= 4 is 11.5 Å². The van der Waals surface area contributed by atoms with Crippen LogP contribution >= 0.6 is 0 Å². The highest BCUT2D eigenvalue weighted by atomic mass is 15.0. The monoisotopic (exact) mass is 192 g/mol. The van der Waals surface area contributed by atoms with Crippen LogP contribution in [0.3, 0.4) is 0 Å². The molecule has 1 aliphatic rings. The molecule has 0 aliphatic heterocycles. The zero-order chi connectivity index (χ0) is 10.1. The van der Waals surface area contributed by atoms with Gasteiger partial charge in [-0.2, -0.15) is 0 Å². The van der Waals surface area contributed by atoms with Crippen molar-refractivity contribution < 1.29 is 0 Å². The predicted molar refractivity (Wildman–Crippen MR) is 56.8 cm³/mol. The lowest BCUT2D eigenvalue weighted by Gasteiger charge is -2.13. The van der Waals surface area contributed by atoms with Gasteiger partial charge in [0.15, 0.2) is 5.82 Å². The van der Waals surface area contributed by atoms with E-state index in [9.17, 15) is 0 Å². The number of nitrogens with two attached hydrogens (primary N) is 2. The standard InChI is InChI=1S/C10H16N4/c1-6-13-9(7-4-2-3-5-7)8(11)10(12)14-6/h7H,2-5,11H2,1H3,(H2,12,13,14). The summed E-state index contributed by atoms with van der Waals surface area (Å²) in [5.41, 5.74) is 13.1. The quantitative estimate of drug-likeness (QED) is 0.708. The Labute approximate surface area is 83.7 Å². The van der Waals surface area contributed by atoms with Gasteiger partial charge in [0.1, 0.15) is 5.82 Å². The molecule has 0 aromatic carbocycles. The minimum Gasteiger partial charge on any atom is -0.394 e. The molecular formula is C10H16N4. The first kappa shape index (κ1) is 9.24. The number of rotatable bonds is 1. The minimum absolute atomic E-state index is 0.430. The number of nitrogen functional groups attached to an aromatic ring is 2. The summed E-state index contributed by atoms with van der Waals surface area (Å²) in [6.45, 7) is 1.86. The van der Waals surface area contributed by atoms with E-state index in [2.05, 4.69) is 9.97 Å². The van der Waals surface area contributed by atoms with Crippen molar-refractivity contribution in [2.24, 2.45) is 0 Å². The first-order chi connectivity index (χ1) is 6.68. The molecule has 0 bridgehead atoms. The molecule has 2 rings (SSSR count). The highest BCUT2D eigenvalue weighted by molar-refractivity contribution is 5.61. The number of hydrogen-bond donors (Lipinski definition) is 2. The van der Waals surface area contributed by atoms with Crippen LogP contribution in [0.1, 0.15) is 43.1 Å². The largest absolute Gasteiger partial charge is 0.394 e. The molecular weight excluding hydrogens is 176 g/mol. The van der Waals surface area contributed by atoms with Gasteiger partial charge in [-0.1, -0.05) is 12.8 Å². The lowest BCUT2D eigenvalue weighted by Crippen LogP contribution is -2.09. The number of hydrogen-bond acceptors (Lipinski definition) is 4. The Morgan fingerprint density at radius 3 is 2.43 bits per heavy atom. The summed E-state index contributed by atoms with van der Waals surface area (Å²) in [5, 5.41) is 0. The predicted octanol–water partition coefficient (Wildman–Crippen LogP) is 1.61. The Morgan fingerprint density at radius 1 is 1.14 bits per heavy atom. The van der Waals surface area contributed by atoms with Crippen LogP contribution in [0.4, 0.5) is 11.5 Å². The molecule has 0 spiro atoms. The lowest BCUT2D eigenvalue weighted by atomic mass is 10.0. The third-order valence-corrected chi connectivity index (χ3v) is 2.86. The van der Waals surface area contributed by atoms with E-state index >= 15 is 0 Å². The van der Waals surface area contributed by atoms with Crippen molar-refractivity contribution in [1.29, 1.82) is 0 Å². The van der Waals surface area contributed by atoms with E-state index in [1.807, 2.05) is 6.92 Å². The van der Waals surface area contributed by atoms with Crippen molar-refractivity contribution in [1.82, 2.24) is 9.97 Å². The van der Waals surface area contributed by atoms with Crippen LogP contribution < -0.4 is 11.5 Å². The van der Waals surface area contributed by atoms with Gasteiger partial charge in [-0.15, -0.1) is 0 Å². The lowest BCUT2D eigenvalue weighted by molar-refractivity contribution is 0.693. The second-order valence-electron chi connectivity index (χ2n) is 3.94. The maximum Gasteiger partial charge on any atom is 0.150 e. The van der Waals surface area contributed by atoms with Crippen molar-refractivity contribution in [3.63, 3.8) is 0 Å². The minimum atomic E-state index is 0.430. The van der Waals surface area contributed by atoms with Crippen molar-refractivity contribution in [2.75, 3.05) is 11.5 Å². The van der Waals surface area contributed by atoms with Crippen molar-refractivity contribution in [3.05, 3.63) is 11.5 Å². The van der Waals surface area contributed by atoms with E-state index in [0.29, 0.717) is 17.4 Å². The van der Waals surface area contributed by atoms with Crippen molar-refractivity contribution in [3.8, 4) is 0 Å². The average Bonchev–Trinajstić information content (AvgIpc) is 2.63. The highest BCUT2D eigenvalue weighted by Gasteiger charge is 2.22. The summed E-state index contributed by atoms with van der Waals surface area (Å²) >= 11 is 0. The fraction of sp³-hybridized carbons (Fsp3) is 0.600. The molecule has 4 heteroatoms. The molecule has 1 heterocycles. The Morgan fingerprint density at radius 2 is 1.79 bits per heavy atom. The van der Waals surface area contributed by atoms with E-state index in [4.69, 9.17) is 11.5 Å². The first-order valence-electron chi connectivity index (χ1n) is 5.08. The number of anilines is 2. The summed E-state index contributed by atoms with van der Waals surface area (Å²) in [6.07, 6.45) is 4.90. The Balaban J connectivity index is 2.40. The average molecular weight is 192 g/mol. The van der Waals surface area contributed by atoms with Gasteiger partial charge >= 0.3 is 0 Å². The Kier molecular flexibility index (Phi) is 2.27. The maximum atomic E-state index is 5.88. The Bertz CT molecular complexity index is 342. The number of aromatic nitrogens is 2. The third-order valence-electron chi connectivity index (χ3n) is 2.86. The molecule has 1 aromatic rings. The molecule has 4 N–H and O–H groups in total. The second-order valence-corrected chi connectivity index (χ2v) is 3.94. The van der Waals surface area contributed by atoms with Crippen LogP contribution in [-0.2, 0) is 0 Å². The van der Waals surface area contributed by atoms with Crippen LogP contribution in [0.2, 0.25) is 0 Å². The smallest absolute Gasteiger partial charge is 0.150 e. The molecule has 1 aliphatic carbocycles. The summed E-state index contributed by atoms with van der Waals surface area (Å²) in [6, 6.07) is 0. The van der Waals surface area contributed by atoms with E-state index in [-0.39, 0.29) is 0 Å². The number of aryl methyl sites for hydroxylation is 1. The molecule has 1 aromatic heterocycles. The van der Waals surface area contributed by atoms with Gasteiger partial charge in [0.05, 0.1) is 11.4 Å². The van der Waals surface area contributed by atoms with Gasteiger partial charge in [-0.05, 0) is 19.8 Å². The fourth-order valence-corrected chi connectivity index (χ4v) is 2.14. The molecule has 0 atom stereocenters. The maximum absolute atomic E-state index is 5.88. The molecule has 14 heavy (non-hydrogen) atoms. The van der Waals surface area contributed by atoms with Gasteiger partial charge in [0, 0.05) is 5.92 Å². The van der Waals surface area contributed by atoms with E-state index in [0.717, 1.165) is 11.5 Å². The van der Waals surface area contributed by atoms with Gasteiger partial charge in [-0.25, -0.2) is 9.97 Å². The van der Waals surface area contributed by atoms with Crippen LogP contribution in [-0.4, -0.2) is 9.97 Å². The van der Waals surface area contributed by atoms with Crippen LogP contribution in [0.15, 0.2) is 0 Å². The topological polar surface area (TPSA) is 77.8 Å². The molecule has 0 radical (unpaired) electrons. The van der Waals surface area contributed by atoms with Crippen molar-refractivity contribution in [2.45, 2.75) is 38.5 Å². The fourth-order valence-electron chi connectivity index (χ4n) is 2.14. The van der Waals surface area contributed by atoms with Gasteiger partial charge < -0.3 is 11.5 Å². The molecule has 76 valence electrons. The zero-order valence-corrected chi connectivity index (χ0v) is 8.45. The third kappa shape index (κ3) is 1.52. The molecule has 1 fully saturated rings. The van der Waals surface area contributed by atoms with E-state index in [1.165, 1.54) is 25.7 Å². The summed E-state index contributed by atoms with van der Waals surface area (Å²) in [7, 11) is 0. The van der Waals surface area contributed by atoms with Crippen LogP contribution in [0.25, 0.3) is 0 Å². The zero-order valence-electron chi connectivity index (χ0n) is 8.45. The first-order valence-corrected chi connectivity index (χ1v) is 5.08. The second kappa shape index (κ2) is 3.44. The van der Waals surface area contributed by atoms with Gasteiger partial charge in [0.2, 0.25) is 0 Å². The highest BCUT2D eigenvalue weighted by Crippen LogP contribution is 2.36. The van der Waals surface area contributed by atoms with Crippen LogP contribution in [0.5, 0.6) is 0 Å². The normalized spacial score (nSPS) is 17.5. The number of nitrogens with zero attached hydrogens (tertiary/aromatic N) is 2.